The molecule has 0 aliphatic carbocycles. The van der Waals surface area contributed by atoms with E-state index in [9.17, 15) is 4.79 Å². The minimum atomic E-state index is -0.0672. The Hall–Kier alpha value is -1.59. The molecule has 1 aromatic rings. The van der Waals surface area contributed by atoms with Gasteiger partial charge in [-0.25, -0.2) is 0 Å². The highest BCUT2D eigenvalue weighted by molar-refractivity contribution is 5.94. The highest BCUT2D eigenvalue weighted by Crippen LogP contribution is 2.38. The van der Waals surface area contributed by atoms with Gasteiger partial charge in [0.25, 0.3) is 0 Å². The number of fused-ring (bicyclic) bond motifs is 1. The van der Waals surface area contributed by atoms with Crippen LogP contribution < -0.4 is 20.5 Å². The number of amides is 1. The first kappa shape index (κ1) is 18.4. The largest absolute Gasteiger partial charge is 0.454 e. The van der Waals surface area contributed by atoms with Crippen molar-refractivity contribution in [2.45, 2.75) is 19.3 Å². The molecule has 7 heteroatoms. The predicted octanol–water partition coefficient (Wildman–Crippen LogP) is 3.14. The van der Waals surface area contributed by atoms with Crippen LogP contribution in [0.25, 0.3) is 0 Å². The van der Waals surface area contributed by atoms with Crippen molar-refractivity contribution in [2.24, 2.45) is 0 Å². The van der Waals surface area contributed by atoms with Crippen molar-refractivity contribution < 1.29 is 14.3 Å². The average Bonchev–Trinajstić information content (AvgIpc) is 2.77. The van der Waals surface area contributed by atoms with E-state index >= 15 is 0 Å². The Morgan fingerprint density at radius 2 is 2.00 bits per heavy atom. The monoisotopic (exact) mass is 320 g/mol. The highest BCUT2D eigenvalue weighted by atomic mass is 35.5. The van der Waals surface area contributed by atoms with Crippen LogP contribution in [-0.2, 0) is 4.79 Å². The van der Waals surface area contributed by atoms with Gasteiger partial charge in [-0.2, -0.15) is 0 Å². The summed E-state index contributed by atoms with van der Waals surface area (Å²) in [7, 11) is 0. The number of halogens is 2. The maximum Gasteiger partial charge on any atom is 0.231 e. The molecule has 0 atom stereocenters. The summed E-state index contributed by atoms with van der Waals surface area (Å²) in [5.41, 5.74) is 6.86. The third-order valence-corrected chi connectivity index (χ3v) is 2.63. The van der Waals surface area contributed by atoms with Gasteiger partial charge in [-0.15, -0.1) is 31.4 Å². The maximum atomic E-state index is 11.7. The molecule has 20 heavy (non-hydrogen) atoms. The molecule has 0 bridgehead atoms. The van der Waals surface area contributed by atoms with Gasteiger partial charge in [-0.3, -0.25) is 4.79 Å². The Morgan fingerprint density at radius 3 is 2.65 bits per heavy atom. The maximum absolute atomic E-state index is 11.7. The second-order valence-electron chi connectivity index (χ2n) is 4.02. The number of carbonyl (C=O) groups is 1. The molecule has 5 nitrogen and oxygen atoms in total. The van der Waals surface area contributed by atoms with E-state index in [0.29, 0.717) is 29.3 Å². The van der Waals surface area contributed by atoms with E-state index in [4.69, 9.17) is 15.2 Å². The molecule has 0 spiro atoms. The Balaban J connectivity index is 0.00000180. The number of nitrogens with two attached hydrogens (primary N) is 1. The van der Waals surface area contributed by atoms with Gasteiger partial charge >= 0.3 is 0 Å². The van der Waals surface area contributed by atoms with Gasteiger partial charge in [0, 0.05) is 18.6 Å². The predicted molar refractivity (Wildman–Crippen MR) is 84.2 cm³/mol. The van der Waals surface area contributed by atoms with Crippen LogP contribution in [0.3, 0.4) is 0 Å². The summed E-state index contributed by atoms with van der Waals surface area (Å²) in [5, 5.41) is 2.77. The van der Waals surface area contributed by atoms with Crippen LogP contribution in [0.4, 0.5) is 11.4 Å². The Labute approximate surface area is 130 Å². The fourth-order valence-electron chi connectivity index (χ4n) is 1.69. The number of carbonyl (C=O) groups excluding carboxylic acids is 1. The molecule has 0 saturated heterocycles. The van der Waals surface area contributed by atoms with Gasteiger partial charge in [0.1, 0.15) is 0 Å². The number of nitrogen functional groups attached to an aromatic ring is 1. The Bertz CT molecular complexity index is 481. The molecule has 0 aromatic heterocycles. The zero-order valence-corrected chi connectivity index (χ0v) is 12.5. The van der Waals surface area contributed by atoms with Crippen molar-refractivity contribution in [3.8, 4) is 11.5 Å². The molecule has 1 amide bonds. The molecule has 1 aliphatic heterocycles. The molecular formula is C13H18Cl2N2O3. The van der Waals surface area contributed by atoms with E-state index in [-0.39, 0.29) is 37.5 Å². The molecule has 0 radical (unpaired) electrons. The van der Waals surface area contributed by atoms with Crippen LogP contribution in [0.1, 0.15) is 19.3 Å². The molecule has 1 heterocycles. The number of hydrogen-bond donors (Lipinski definition) is 2. The third-order valence-electron chi connectivity index (χ3n) is 2.63. The first-order chi connectivity index (χ1) is 8.70. The summed E-state index contributed by atoms with van der Waals surface area (Å²) < 4.78 is 10.4. The number of ether oxygens (including phenoxy) is 2. The molecule has 2 rings (SSSR count). The molecule has 0 fully saturated rings. The lowest BCUT2D eigenvalue weighted by molar-refractivity contribution is -0.116. The first-order valence-corrected chi connectivity index (χ1v) is 5.80. The standard InChI is InChI=1S/C13H16N2O3.2ClH/c1-2-3-4-5-13(16)15-10-7-12-11(6-9(10)14)17-8-18-12;;/h2,6-7H,1,3-5,8,14H2,(H,15,16);2*1H. The van der Waals surface area contributed by atoms with Gasteiger partial charge in [0.2, 0.25) is 12.7 Å². The Kier molecular flexibility index (Phi) is 7.87. The zero-order chi connectivity index (χ0) is 13.0. The number of allylic oxidation sites excluding steroid dienone is 1. The van der Waals surface area contributed by atoms with Gasteiger partial charge in [0.05, 0.1) is 11.4 Å². The van der Waals surface area contributed by atoms with Crippen molar-refractivity contribution in [3.05, 3.63) is 24.8 Å². The quantitative estimate of drug-likeness (QED) is 0.496. The first-order valence-electron chi connectivity index (χ1n) is 5.80. The van der Waals surface area contributed by atoms with Crippen molar-refractivity contribution in [3.63, 3.8) is 0 Å². The van der Waals surface area contributed by atoms with E-state index in [0.717, 1.165) is 12.8 Å². The highest BCUT2D eigenvalue weighted by Gasteiger charge is 2.16. The molecular weight excluding hydrogens is 303 g/mol. The van der Waals surface area contributed by atoms with Crippen LogP contribution in [0.2, 0.25) is 0 Å². The molecule has 3 N–H and O–H groups in total. The van der Waals surface area contributed by atoms with Crippen LogP contribution in [0.15, 0.2) is 24.8 Å². The number of benzene rings is 1. The molecule has 0 saturated carbocycles. The van der Waals surface area contributed by atoms with E-state index in [1.54, 1.807) is 18.2 Å². The summed E-state index contributed by atoms with van der Waals surface area (Å²) >= 11 is 0. The van der Waals surface area contributed by atoms with E-state index in [2.05, 4.69) is 11.9 Å². The second kappa shape index (κ2) is 8.55. The summed E-state index contributed by atoms with van der Waals surface area (Å²) in [4.78, 5) is 11.7. The smallest absolute Gasteiger partial charge is 0.231 e. The summed E-state index contributed by atoms with van der Waals surface area (Å²) in [6.07, 6.45) is 3.84. The van der Waals surface area contributed by atoms with Gasteiger partial charge < -0.3 is 20.5 Å². The van der Waals surface area contributed by atoms with Gasteiger partial charge in [-0.1, -0.05) is 6.08 Å². The van der Waals surface area contributed by atoms with Crippen LogP contribution in [0.5, 0.6) is 11.5 Å². The van der Waals surface area contributed by atoms with Crippen LogP contribution >= 0.6 is 24.8 Å². The van der Waals surface area contributed by atoms with Crippen molar-refractivity contribution in [1.29, 1.82) is 0 Å². The average molecular weight is 321 g/mol. The van der Waals surface area contributed by atoms with Crippen LogP contribution in [-0.4, -0.2) is 12.7 Å². The third kappa shape index (κ3) is 4.51. The Morgan fingerprint density at radius 1 is 1.35 bits per heavy atom. The van der Waals surface area contributed by atoms with Gasteiger partial charge in [-0.05, 0) is 12.8 Å². The lowest BCUT2D eigenvalue weighted by Crippen LogP contribution is -2.12. The number of rotatable bonds is 5. The van der Waals surface area contributed by atoms with Crippen molar-refractivity contribution in [2.75, 3.05) is 17.8 Å². The summed E-state index contributed by atoms with van der Waals surface area (Å²) in [6, 6.07) is 3.34. The molecule has 112 valence electrons. The second-order valence-corrected chi connectivity index (χ2v) is 4.02. The molecule has 0 unspecified atom stereocenters. The van der Waals surface area contributed by atoms with Crippen LogP contribution in [0, 0.1) is 0 Å². The SMILES string of the molecule is C=CCCCC(=O)Nc1cc2c(cc1N)OCO2.Cl.Cl. The molecule has 1 aromatic carbocycles. The number of hydrogen-bond acceptors (Lipinski definition) is 4. The van der Waals surface area contributed by atoms with E-state index in [1.165, 1.54) is 0 Å². The summed E-state index contributed by atoms with van der Waals surface area (Å²) in [6.45, 7) is 3.80. The lowest BCUT2D eigenvalue weighted by atomic mass is 10.2. The lowest BCUT2D eigenvalue weighted by Gasteiger charge is -2.09. The normalized spacial score (nSPS) is 11.0. The number of unbranched alkanes of at least 4 members (excludes halogenated alkanes) is 1. The van der Waals surface area contributed by atoms with E-state index < -0.39 is 0 Å². The number of nitrogens with one attached hydrogen (secondary N) is 1. The fraction of sp³-hybridized carbons (Fsp3) is 0.308. The minimum absolute atomic E-state index is 0. The van der Waals surface area contributed by atoms with Crippen molar-refractivity contribution >= 4 is 42.1 Å². The minimum Gasteiger partial charge on any atom is -0.454 e. The summed E-state index contributed by atoms with van der Waals surface area (Å²) in [5.74, 6) is 1.14. The topological polar surface area (TPSA) is 73.6 Å². The fourth-order valence-corrected chi connectivity index (χ4v) is 1.69. The zero-order valence-electron chi connectivity index (χ0n) is 10.9. The number of anilines is 2. The van der Waals surface area contributed by atoms with Crippen molar-refractivity contribution in [1.82, 2.24) is 0 Å². The molecule has 1 aliphatic rings. The van der Waals surface area contributed by atoms with E-state index in [1.807, 2.05) is 0 Å². The van der Waals surface area contributed by atoms with Gasteiger partial charge in [0.15, 0.2) is 11.5 Å².